The number of hydrogen-bond acceptors (Lipinski definition) is 3. The first-order valence-corrected chi connectivity index (χ1v) is 6.31. The number of carbonyl (C=O) groups excluding carboxylic acids is 2. The average molecular weight is 245 g/mol. The van der Waals surface area contributed by atoms with Gasteiger partial charge in [0.25, 0.3) is 0 Å². The van der Waals surface area contributed by atoms with Crippen LogP contribution in [0.1, 0.15) is 19.3 Å². The predicted octanol–water partition coefficient (Wildman–Crippen LogP) is 1.75. The molecule has 2 heterocycles. The van der Waals surface area contributed by atoms with Crippen LogP contribution in [0.2, 0.25) is 0 Å². The largest absolute Gasteiger partial charge is 0.377 e. The number of carbonyl (C=O) groups is 2. The molecule has 0 spiro atoms. The Bertz CT molecular complexity index is 465. The Morgan fingerprint density at radius 2 is 1.94 bits per heavy atom. The topological polar surface area (TPSA) is 46.6 Å². The van der Waals surface area contributed by atoms with Crippen molar-refractivity contribution in [3.8, 4) is 0 Å². The minimum atomic E-state index is -0.291. The van der Waals surface area contributed by atoms with Gasteiger partial charge >= 0.3 is 0 Å². The molecule has 3 rings (SSSR count). The molecule has 1 aromatic rings. The van der Waals surface area contributed by atoms with Crippen LogP contribution in [-0.2, 0) is 14.3 Å². The summed E-state index contributed by atoms with van der Waals surface area (Å²) in [5, 5.41) is 0. The second-order valence-electron chi connectivity index (χ2n) is 4.77. The third kappa shape index (κ3) is 1.82. The van der Waals surface area contributed by atoms with Crippen molar-refractivity contribution in [1.82, 2.24) is 0 Å². The van der Waals surface area contributed by atoms with Gasteiger partial charge in [-0.05, 0) is 25.0 Å². The Morgan fingerprint density at radius 1 is 1.17 bits per heavy atom. The highest BCUT2D eigenvalue weighted by molar-refractivity contribution is 6.21. The normalized spacial score (nSPS) is 28.1. The molecule has 0 N–H and O–H groups in total. The van der Waals surface area contributed by atoms with Crippen molar-refractivity contribution in [2.24, 2.45) is 5.92 Å². The number of amides is 2. The van der Waals surface area contributed by atoms with Crippen LogP contribution in [0, 0.1) is 5.92 Å². The highest BCUT2D eigenvalue weighted by Gasteiger charge is 2.44. The maximum absolute atomic E-state index is 12.3. The Balaban J connectivity index is 1.85. The zero-order valence-corrected chi connectivity index (χ0v) is 10.0. The molecule has 0 bridgehead atoms. The Hall–Kier alpha value is -1.68. The molecule has 0 aliphatic carbocycles. The zero-order valence-electron chi connectivity index (χ0n) is 10.0. The molecule has 4 nitrogen and oxygen atoms in total. The molecule has 94 valence electrons. The standard InChI is InChI=1S/C14H15NO3/c16-13-9-11(12-7-4-8-18-12)14(17)15(13)10-5-2-1-3-6-10/h1-3,5-6,11-12H,4,7-9H2/t11-,12-/m0/s1. The number of imide groups is 1. The number of anilines is 1. The Labute approximate surface area is 106 Å². The number of benzene rings is 1. The van der Waals surface area contributed by atoms with E-state index in [2.05, 4.69) is 0 Å². The second-order valence-corrected chi connectivity index (χ2v) is 4.77. The van der Waals surface area contributed by atoms with Crippen LogP contribution in [0.15, 0.2) is 30.3 Å². The molecule has 0 saturated carbocycles. The smallest absolute Gasteiger partial charge is 0.240 e. The van der Waals surface area contributed by atoms with Gasteiger partial charge in [-0.25, -0.2) is 0 Å². The van der Waals surface area contributed by atoms with Crippen molar-refractivity contribution < 1.29 is 14.3 Å². The summed E-state index contributed by atoms with van der Waals surface area (Å²) in [4.78, 5) is 25.6. The minimum Gasteiger partial charge on any atom is -0.377 e. The van der Waals surface area contributed by atoms with Crippen LogP contribution in [0.5, 0.6) is 0 Å². The molecular weight excluding hydrogens is 230 g/mol. The third-order valence-electron chi connectivity index (χ3n) is 3.61. The zero-order chi connectivity index (χ0) is 12.5. The first-order chi connectivity index (χ1) is 8.77. The molecule has 2 atom stereocenters. The van der Waals surface area contributed by atoms with Gasteiger partial charge in [-0.2, -0.15) is 0 Å². The molecule has 18 heavy (non-hydrogen) atoms. The maximum Gasteiger partial charge on any atom is 0.240 e. The van der Waals surface area contributed by atoms with Gasteiger partial charge in [-0.1, -0.05) is 18.2 Å². The van der Waals surface area contributed by atoms with Crippen molar-refractivity contribution >= 4 is 17.5 Å². The van der Waals surface area contributed by atoms with Crippen molar-refractivity contribution in [2.45, 2.75) is 25.4 Å². The van der Waals surface area contributed by atoms with Gasteiger partial charge in [0.2, 0.25) is 11.8 Å². The molecule has 4 heteroatoms. The van der Waals surface area contributed by atoms with Crippen molar-refractivity contribution in [3.63, 3.8) is 0 Å². The van der Waals surface area contributed by atoms with Gasteiger partial charge < -0.3 is 4.74 Å². The van der Waals surface area contributed by atoms with Crippen LogP contribution in [-0.4, -0.2) is 24.5 Å². The molecule has 2 fully saturated rings. The van der Waals surface area contributed by atoms with E-state index in [0.717, 1.165) is 12.8 Å². The summed E-state index contributed by atoms with van der Waals surface area (Å²) in [6.07, 6.45) is 2.06. The fourth-order valence-electron chi connectivity index (χ4n) is 2.71. The van der Waals surface area contributed by atoms with E-state index in [4.69, 9.17) is 4.74 Å². The lowest BCUT2D eigenvalue weighted by Gasteiger charge is -2.17. The number of para-hydroxylation sites is 1. The lowest BCUT2D eigenvalue weighted by atomic mass is 9.98. The summed E-state index contributed by atoms with van der Waals surface area (Å²) in [6.45, 7) is 0.702. The van der Waals surface area contributed by atoms with Crippen LogP contribution >= 0.6 is 0 Å². The summed E-state index contributed by atoms with van der Waals surface area (Å²) in [5.41, 5.74) is 0.660. The molecule has 0 radical (unpaired) electrons. The fourth-order valence-corrected chi connectivity index (χ4v) is 2.71. The predicted molar refractivity (Wildman–Crippen MR) is 66.0 cm³/mol. The Morgan fingerprint density at radius 3 is 2.61 bits per heavy atom. The van der Waals surface area contributed by atoms with Crippen LogP contribution in [0.25, 0.3) is 0 Å². The van der Waals surface area contributed by atoms with Crippen LogP contribution < -0.4 is 4.90 Å². The van der Waals surface area contributed by atoms with Crippen molar-refractivity contribution in [1.29, 1.82) is 0 Å². The van der Waals surface area contributed by atoms with E-state index in [9.17, 15) is 9.59 Å². The van der Waals surface area contributed by atoms with E-state index in [1.807, 2.05) is 18.2 Å². The summed E-state index contributed by atoms with van der Waals surface area (Å²) in [7, 11) is 0. The molecule has 2 aliphatic rings. The van der Waals surface area contributed by atoms with Gasteiger partial charge in [0.05, 0.1) is 17.7 Å². The maximum atomic E-state index is 12.3. The van der Waals surface area contributed by atoms with Gasteiger partial charge in [-0.3, -0.25) is 14.5 Å². The second kappa shape index (κ2) is 4.53. The van der Waals surface area contributed by atoms with Gasteiger partial charge in [0, 0.05) is 13.0 Å². The van der Waals surface area contributed by atoms with Gasteiger partial charge in [0.1, 0.15) is 0 Å². The number of ether oxygens (including phenoxy) is 1. The summed E-state index contributed by atoms with van der Waals surface area (Å²) in [5.74, 6) is -0.523. The summed E-state index contributed by atoms with van der Waals surface area (Å²) in [6, 6.07) is 9.10. The molecule has 1 aromatic carbocycles. The SMILES string of the molecule is O=C1C[C@@H]([C@@H]2CCCO2)C(=O)N1c1ccccc1. The number of rotatable bonds is 2. The molecular formula is C14H15NO3. The van der Waals surface area contributed by atoms with E-state index in [0.29, 0.717) is 12.3 Å². The van der Waals surface area contributed by atoms with E-state index in [1.165, 1.54) is 4.90 Å². The Kier molecular flexibility index (Phi) is 2.88. The molecule has 0 aromatic heterocycles. The highest BCUT2D eigenvalue weighted by Crippen LogP contribution is 2.32. The van der Waals surface area contributed by atoms with Gasteiger partial charge in [-0.15, -0.1) is 0 Å². The number of hydrogen-bond donors (Lipinski definition) is 0. The first kappa shape index (κ1) is 11.4. The van der Waals surface area contributed by atoms with Crippen molar-refractivity contribution in [3.05, 3.63) is 30.3 Å². The fraction of sp³-hybridized carbons (Fsp3) is 0.429. The molecule has 0 unspecified atom stereocenters. The van der Waals surface area contributed by atoms with E-state index in [1.54, 1.807) is 12.1 Å². The molecule has 2 amide bonds. The minimum absolute atomic E-state index is 0.0739. The van der Waals surface area contributed by atoms with Gasteiger partial charge in [0.15, 0.2) is 0 Å². The van der Waals surface area contributed by atoms with Crippen LogP contribution in [0.3, 0.4) is 0 Å². The average Bonchev–Trinajstić information content (AvgIpc) is 2.99. The van der Waals surface area contributed by atoms with E-state index >= 15 is 0 Å². The quantitative estimate of drug-likeness (QED) is 0.746. The highest BCUT2D eigenvalue weighted by atomic mass is 16.5. The van der Waals surface area contributed by atoms with Crippen LogP contribution in [0.4, 0.5) is 5.69 Å². The van der Waals surface area contributed by atoms with E-state index < -0.39 is 0 Å². The number of nitrogens with zero attached hydrogens (tertiary/aromatic N) is 1. The third-order valence-corrected chi connectivity index (χ3v) is 3.61. The monoisotopic (exact) mass is 245 g/mol. The summed E-state index contributed by atoms with van der Waals surface area (Å²) < 4.78 is 5.54. The first-order valence-electron chi connectivity index (χ1n) is 6.31. The molecule has 2 saturated heterocycles. The lowest BCUT2D eigenvalue weighted by molar-refractivity contribution is -0.124. The molecule has 2 aliphatic heterocycles. The lowest BCUT2D eigenvalue weighted by Crippen LogP contribution is -2.33. The van der Waals surface area contributed by atoms with Crippen molar-refractivity contribution in [2.75, 3.05) is 11.5 Å². The summed E-state index contributed by atoms with van der Waals surface area (Å²) >= 11 is 0. The van der Waals surface area contributed by atoms with E-state index in [-0.39, 0.29) is 30.3 Å².